The molecule has 0 radical (unpaired) electrons. The normalized spacial score (nSPS) is 16.4. The molecular formula is C21H30N4O. The number of benzene rings is 1. The van der Waals surface area contributed by atoms with Crippen LogP contribution in [0.1, 0.15) is 52.6 Å². The average Bonchev–Trinajstić information content (AvgIpc) is 2.98. The molecule has 1 N–H and O–H groups in total. The molecule has 2 aromatic rings. The van der Waals surface area contributed by atoms with Crippen molar-refractivity contribution in [2.45, 2.75) is 58.7 Å². The molecule has 3 rings (SSSR count). The maximum atomic E-state index is 12.6. The molecule has 0 unspecified atom stereocenters. The van der Waals surface area contributed by atoms with E-state index in [1.54, 1.807) is 19.0 Å². The highest BCUT2D eigenvalue weighted by molar-refractivity contribution is 5.93. The number of rotatable bonds is 6. The lowest BCUT2D eigenvalue weighted by molar-refractivity contribution is 0.0819. The summed E-state index contributed by atoms with van der Waals surface area (Å²) < 4.78 is 2.06. The molecule has 0 bridgehead atoms. The zero-order valence-electron chi connectivity index (χ0n) is 16.4. The lowest BCUT2D eigenvalue weighted by Gasteiger charge is -2.25. The predicted octanol–water partition coefficient (Wildman–Crippen LogP) is 2.95. The van der Waals surface area contributed by atoms with Gasteiger partial charge in [-0.2, -0.15) is 5.10 Å². The highest BCUT2D eigenvalue weighted by atomic mass is 16.2. The minimum Gasteiger partial charge on any atom is -0.343 e. The Hall–Kier alpha value is -2.14. The second-order valence-corrected chi connectivity index (χ2v) is 7.50. The van der Waals surface area contributed by atoms with Gasteiger partial charge in [-0.25, -0.2) is 0 Å². The molecule has 0 saturated heterocycles. The predicted molar refractivity (Wildman–Crippen MR) is 104 cm³/mol. The third-order valence-corrected chi connectivity index (χ3v) is 5.11. The minimum absolute atomic E-state index is 0.00953. The van der Waals surface area contributed by atoms with Crippen LogP contribution in [0.3, 0.4) is 0 Å². The SMILES string of the molecule is CCCn1nc(C(=O)N(C)C)c2c1CC[C@H](NCc1ccc(C)cc1)C2. The van der Waals surface area contributed by atoms with Crippen LogP contribution >= 0.6 is 0 Å². The Labute approximate surface area is 156 Å². The van der Waals surface area contributed by atoms with Crippen molar-refractivity contribution in [3.8, 4) is 0 Å². The number of nitrogens with one attached hydrogen (secondary N) is 1. The van der Waals surface area contributed by atoms with E-state index in [1.165, 1.54) is 16.8 Å². The Morgan fingerprint density at radius 3 is 2.69 bits per heavy atom. The van der Waals surface area contributed by atoms with Crippen LogP contribution in [0, 0.1) is 6.92 Å². The number of amides is 1. The van der Waals surface area contributed by atoms with E-state index in [1.807, 2.05) is 0 Å². The molecule has 0 fully saturated rings. The van der Waals surface area contributed by atoms with E-state index in [2.05, 4.69) is 53.2 Å². The number of hydrogen-bond donors (Lipinski definition) is 1. The summed E-state index contributed by atoms with van der Waals surface area (Å²) in [4.78, 5) is 14.2. The van der Waals surface area contributed by atoms with Crippen LogP contribution in [0.2, 0.25) is 0 Å². The molecule has 26 heavy (non-hydrogen) atoms. The maximum absolute atomic E-state index is 12.6. The first-order chi connectivity index (χ1) is 12.5. The molecule has 1 aliphatic carbocycles. The molecule has 0 aliphatic heterocycles. The summed E-state index contributed by atoms with van der Waals surface area (Å²) in [5.41, 5.74) is 5.62. The standard InChI is InChI=1S/C21H30N4O/c1-5-12-25-19-11-10-17(22-14-16-8-6-15(2)7-9-16)13-18(19)20(23-25)21(26)24(3)4/h6-9,17,22H,5,10-14H2,1-4H3/t17-/m0/s1. The molecule has 0 spiro atoms. The molecule has 1 aromatic heterocycles. The van der Waals surface area contributed by atoms with Gasteiger partial charge in [-0.1, -0.05) is 36.8 Å². The third-order valence-electron chi connectivity index (χ3n) is 5.11. The van der Waals surface area contributed by atoms with E-state index in [-0.39, 0.29) is 5.91 Å². The number of carbonyl (C=O) groups is 1. The van der Waals surface area contributed by atoms with Crippen LogP contribution in [0.4, 0.5) is 0 Å². The zero-order valence-corrected chi connectivity index (χ0v) is 16.4. The molecular weight excluding hydrogens is 324 g/mol. The molecule has 1 aliphatic rings. The summed E-state index contributed by atoms with van der Waals surface area (Å²) in [7, 11) is 3.59. The van der Waals surface area contributed by atoms with Crippen molar-refractivity contribution in [3.63, 3.8) is 0 Å². The number of aryl methyl sites for hydroxylation is 2. The fourth-order valence-electron chi connectivity index (χ4n) is 3.61. The topological polar surface area (TPSA) is 50.2 Å². The van der Waals surface area contributed by atoms with Gasteiger partial charge in [0.25, 0.3) is 5.91 Å². The van der Waals surface area contributed by atoms with Gasteiger partial charge in [0.1, 0.15) is 0 Å². The maximum Gasteiger partial charge on any atom is 0.274 e. The Morgan fingerprint density at radius 2 is 2.04 bits per heavy atom. The van der Waals surface area contributed by atoms with Gasteiger partial charge in [0.2, 0.25) is 0 Å². The number of aromatic nitrogens is 2. The number of carbonyl (C=O) groups excluding carboxylic acids is 1. The highest BCUT2D eigenvalue weighted by Gasteiger charge is 2.29. The van der Waals surface area contributed by atoms with Crippen LogP contribution in [0.15, 0.2) is 24.3 Å². The van der Waals surface area contributed by atoms with Crippen LogP contribution in [0.25, 0.3) is 0 Å². The van der Waals surface area contributed by atoms with E-state index in [0.29, 0.717) is 11.7 Å². The summed E-state index contributed by atoms with van der Waals surface area (Å²) in [6, 6.07) is 9.04. The fourth-order valence-corrected chi connectivity index (χ4v) is 3.61. The Kier molecular flexibility index (Phi) is 5.77. The van der Waals surface area contributed by atoms with Gasteiger partial charge in [-0.15, -0.1) is 0 Å². The second kappa shape index (κ2) is 8.04. The third kappa shape index (κ3) is 3.98. The Bertz CT molecular complexity index is 761. The number of hydrogen-bond acceptors (Lipinski definition) is 3. The molecule has 5 heteroatoms. The van der Waals surface area contributed by atoms with Gasteiger partial charge in [0.05, 0.1) is 0 Å². The summed E-state index contributed by atoms with van der Waals surface area (Å²) in [5.74, 6) is 0.00953. The van der Waals surface area contributed by atoms with E-state index < -0.39 is 0 Å². The van der Waals surface area contributed by atoms with Crippen molar-refractivity contribution in [2.75, 3.05) is 14.1 Å². The number of nitrogens with zero attached hydrogens (tertiary/aromatic N) is 3. The molecule has 1 aromatic carbocycles. The van der Waals surface area contributed by atoms with E-state index in [4.69, 9.17) is 0 Å². The smallest absolute Gasteiger partial charge is 0.274 e. The van der Waals surface area contributed by atoms with E-state index >= 15 is 0 Å². The van der Waals surface area contributed by atoms with E-state index in [9.17, 15) is 4.79 Å². The van der Waals surface area contributed by atoms with Crippen molar-refractivity contribution in [1.82, 2.24) is 20.0 Å². The largest absolute Gasteiger partial charge is 0.343 e. The van der Waals surface area contributed by atoms with Gasteiger partial charge < -0.3 is 10.2 Å². The molecule has 1 amide bonds. The molecule has 1 heterocycles. The Morgan fingerprint density at radius 1 is 1.31 bits per heavy atom. The van der Waals surface area contributed by atoms with Gasteiger partial charge in [-0.05, 0) is 38.2 Å². The van der Waals surface area contributed by atoms with Crippen molar-refractivity contribution in [3.05, 3.63) is 52.3 Å². The van der Waals surface area contributed by atoms with Crippen molar-refractivity contribution in [1.29, 1.82) is 0 Å². The molecule has 140 valence electrons. The summed E-state index contributed by atoms with van der Waals surface area (Å²) in [6.45, 7) is 6.00. The van der Waals surface area contributed by atoms with Gasteiger partial charge >= 0.3 is 0 Å². The minimum atomic E-state index is 0.00953. The van der Waals surface area contributed by atoms with Crippen LogP contribution in [0.5, 0.6) is 0 Å². The molecule has 1 atom stereocenters. The first-order valence-corrected chi connectivity index (χ1v) is 9.58. The van der Waals surface area contributed by atoms with Gasteiger partial charge in [0, 0.05) is 44.5 Å². The lowest BCUT2D eigenvalue weighted by Crippen LogP contribution is -2.35. The zero-order chi connectivity index (χ0) is 18.7. The average molecular weight is 354 g/mol. The Balaban J connectivity index is 1.75. The monoisotopic (exact) mass is 354 g/mol. The van der Waals surface area contributed by atoms with Crippen LogP contribution in [-0.4, -0.2) is 40.7 Å². The summed E-state index contributed by atoms with van der Waals surface area (Å²) in [6.07, 6.45) is 3.97. The summed E-state index contributed by atoms with van der Waals surface area (Å²) in [5, 5.41) is 8.34. The fraction of sp³-hybridized carbons (Fsp3) is 0.524. The molecule has 5 nitrogen and oxygen atoms in total. The molecule has 0 saturated carbocycles. The first kappa shape index (κ1) is 18.6. The van der Waals surface area contributed by atoms with Crippen molar-refractivity contribution in [2.24, 2.45) is 0 Å². The van der Waals surface area contributed by atoms with Gasteiger partial charge in [0.15, 0.2) is 5.69 Å². The number of fused-ring (bicyclic) bond motifs is 1. The highest BCUT2D eigenvalue weighted by Crippen LogP contribution is 2.26. The first-order valence-electron chi connectivity index (χ1n) is 9.58. The van der Waals surface area contributed by atoms with Crippen LogP contribution < -0.4 is 5.32 Å². The van der Waals surface area contributed by atoms with Crippen molar-refractivity contribution >= 4 is 5.91 Å². The van der Waals surface area contributed by atoms with Gasteiger partial charge in [-0.3, -0.25) is 9.48 Å². The lowest BCUT2D eigenvalue weighted by atomic mass is 9.91. The van der Waals surface area contributed by atoms with Crippen LogP contribution in [-0.2, 0) is 25.9 Å². The van der Waals surface area contributed by atoms with Crippen molar-refractivity contribution < 1.29 is 4.79 Å². The summed E-state index contributed by atoms with van der Waals surface area (Å²) >= 11 is 0. The second-order valence-electron chi connectivity index (χ2n) is 7.50. The van der Waals surface area contributed by atoms with E-state index in [0.717, 1.165) is 44.3 Å². The quantitative estimate of drug-likeness (QED) is 0.868.